The largest absolute Gasteiger partial charge is 0.398 e. The Labute approximate surface area is 62.1 Å². The predicted octanol–water partition coefficient (Wildman–Crippen LogP) is -0.829. The molecule has 2 rings (SSSR count). The van der Waals surface area contributed by atoms with Gasteiger partial charge >= 0.3 is 0 Å². The quantitative estimate of drug-likeness (QED) is 0.580. The molecular weight excluding hydrogens is 146 g/mol. The van der Waals surface area contributed by atoms with Crippen LogP contribution in [-0.2, 0) is 0 Å². The molecular formula is C5H7N5O. The summed E-state index contributed by atoms with van der Waals surface area (Å²) in [6.45, 7) is 0. The van der Waals surface area contributed by atoms with Gasteiger partial charge in [0.05, 0.1) is 6.20 Å². The van der Waals surface area contributed by atoms with Gasteiger partial charge in [-0.3, -0.25) is 0 Å². The first-order valence-electron chi connectivity index (χ1n) is 3.04. The van der Waals surface area contributed by atoms with Crippen LogP contribution in [0.2, 0.25) is 0 Å². The summed E-state index contributed by atoms with van der Waals surface area (Å²) in [4.78, 5) is 10.1. The fraction of sp³-hybridized carbons (Fsp3) is 0.200. The summed E-state index contributed by atoms with van der Waals surface area (Å²) in [6.07, 6.45) is 3.13. The molecule has 0 radical (unpaired) electrons. The Morgan fingerprint density at radius 1 is 1.64 bits per heavy atom. The van der Waals surface area contributed by atoms with E-state index < -0.39 is 0 Å². The maximum Gasteiger partial charge on any atom is 0.207 e. The summed E-state index contributed by atoms with van der Waals surface area (Å²) in [5.41, 5.74) is 6.20. The van der Waals surface area contributed by atoms with Gasteiger partial charge in [-0.15, -0.1) is 5.10 Å². The molecule has 0 bridgehead atoms. The highest BCUT2D eigenvalue weighted by Crippen LogP contribution is 2.04. The van der Waals surface area contributed by atoms with E-state index in [1.54, 1.807) is 16.9 Å². The van der Waals surface area contributed by atoms with Gasteiger partial charge in [-0.25, -0.2) is 9.38 Å². The molecule has 58 valence electrons. The fourth-order valence-corrected chi connectivity index (χ4v) is 0.924. The Hall–Kier alpha value is -1.72. The summed E-state index contributed by atoms with van der Waals surface area (Å²) >= 11 is 0. The van der Waals surface area contributed by atoms with E-state index in [0.29, 0.717) is 11.6 Å². The Kier molecular flexibility index (Phi) is 1.03. The highest BCUT2D eigenvalue weighted by atomic mass is 16.7. The van der Waals surface area contributed by atoms with Crippen molar-refractivity contribution in [2.45, 2.75) is 0 Å². The third kappa shape index (κ3) is 0.658. The van der Waals surface area contributed by atoms with Gasteiger partial charge < -0.3 is 10.6 Å². The molecule has 0 saturated carbocycles. The van der Waals surface area contributed by atoms with Crippen molar-refractivity contribution in [3.05, 3.63) is 12.5 Å². The molecule has 0 fully saturated rings. The lowest BCUT2D eigenvalue weighted by Crippen LogP contribution is -2.06. The van der Waals surface area contributed by atoms with Gasteiger partial charge in [0.25, 0.3) is 0 Å². The molecule has 0 aromatic carbocycles. The summed E-state index contributed by atoms with van der Waals surface area (Å²) in [6, 6.07) is 0. The van der Waals surface area contributed by atoms with E-state index in [1.165, 1.54) is 12.0 Å². The summed E-state index contributed by atoms with van der Waals surface area (Å²) in [5.74, 6) is 0.406. The van der Waals surface area contributed by atoms with Crippen LogP contribution in [0.5, 0.6) is 0 Å². The van der Waals surface area contributed by atoms with Crippen LogP contribution in [-0.4, -0.2) is 26.4 Å². The first-order chi connectivity index (χ1) is 5.33. The third-order valence-corrected chi connectivity index (χ3v) is 1.45. The molecule has 11 heavy (non-hydrogen) atoms. The Balaban J connectivity index is 2.77. The van der Waals surface area contributed by atoms with Gasteiger partial charge in [0.2, 0.25) is 5.95 Å². The van der Waals surface area contributed by atoms with Crippen LogP contribution in [0, 0.1) is 0 Å². The molecule has 0 amide bonds. The second kappa shape index (κ2) is 1.88. The van der Waals surface area contributed by atoms with Crippen LogP contribution in [0.3, 0.4) is 0 Å². The molecule has 0 aliphatic carbocycles. The van der Waals surface area contributed by atoms with E-state index in [2.05, 4.69) is 10.1 Å². The van der Waals surface area contributed by atoms with Gasteiger partial charge in [-0.05, 0) is 0 Å². The van der Waals surface area contributed by atoms with Crippen molar-refractivity contribution in [2.24, 2.45) is 0 Å². The molecule has 0 spiro atoms. The molecule has 0 aliphatic heterocycles. The molecule has 2 N–H and O–H groups in total. The highest BCUT2D eigenvalue weighted by molar-refractivity contribution is 5.42. The van der Waals surface area contributed by atoms with Gasteiger partial charge in [-0.1, -0.05) is 4.85 Å². The molecule has 6 nitrogen and oxygen atoms in total. The maximum absolute atomic E-state index is 5.49. The van der Waals surface area contributed by atoms with Crippen LogP contribution in [0.4, 0.5) is 5.95 Å². The number of nitrogen functional groups attached to an aromatic ring is 1. The molecule has 2 heterocycles. The molecule has 0 atom stereocenters. The monoisotopic (exact) mass is 153 g/mol. The molecule has 0 saturated heterocycles. The Morgan fingerprint density at radius 3 is 3.18 bits per heavy atom. The predicted molar refractivity (Wildman–Crippen MR) is 37.9 cm³/mol. The van der Waals surface area contributed by atoms with Crippen LogP contribution < -0.4 is 10.6 Å². The zero-order valence-electron chi connectivity index (χ0n) is 5.93. The van der Waals surface area contributed by atoms with Crippen LogP contribution >= 0.6 is 0 Å². The summed E-state index contributed by atoms with van der Waals surface area (Å²) < 4.78 is 1.63. The van der Waals surface area contributed by atoms with Crippen molar-refractivity contribution in [2.75, 3.05) is 12.8 Å². The standard InChI is InChI=1S/C5H7N5O/c1-11-10-4-2-7-5(6)9(4)3-8-10/h2-3H,1H3,(H2,6,7). The Morgan fingerprint density at radius 2 is 2.45 bits per heavy atom. The average molecular weight is 153 g/mol. The number of nitrogens with two attached hydrogens (primary N) is 1. The number of imidazole rings is 1. The smallest absolute Gasteiger partial charge is 0.207 e. The van der Waals surface area contributed by atoms with E-state index in [-0.39, 0.29) is 0 Å². The Bertz CT molecular complexity index is 375. The number of rotatable bonds is 1. The van der Waals surface area contributed by atoms with E-state index in [1.807, 2.05) is 0 Å². The third-order valence-electron chi connectivity index (χ3n) is 1.45. The van der Waals surface area contributed by atoms with Crippen LogP contribution in [0.1, 0.15) is 0 Å². The van der Waals surface area contributed by atoms with Crippen molar-refractivity contribution >= 4 is 11.6 Å². The maximum atomic E-state index is 5.49. The summed E-state index contributed by atoms with van der Waals surface area (Å²) in [5, 5.41) is 3.87. The number of hydrogen-bond acceptors (Lipinski definition) is 4. The van der Waals surface area contributed by atoms with Crippen molar-refractivity contribution in [1.82, 2.24) is 19.3 Å². The lowest BCUT2D eigenvalue weighted by molar-refractivity contribution is 0.144. The van der Waals surface area contributed by atoms with Crippen molar-refractivity contribution in [3.63, 3.8) is 0 Å². The SMILES string of the molecule is COn1ncn2c(N)ncc12. The molecule has 0 unspecified atom stereocenters. The fourth-order valence-electron chi connectivity index (χ4n) is 0.924. The minimum atomic E-state index is 0.406. The van der Waals surface area contributed by atoms with E-state index in [4.69, 9.17) is 10.6 Å². The zero-order valence-corrected chi connectivity index (χ0v) is 5.93. The van der Waals surface area contributed by atoms with E-state index >= 15 is 0 Å². The van der Waals surface area contributed by atoms with Gasteiger partial charge in [0.15, 0.2) is 5.65 Å². The minimum absolute atomic E-state index is 0.406. The average Bonchev–Trinajstić information content (AvgIpc) is 2.53. The highest BCUT2D eigenvalue weighted by Gasteiger charge is 2.04. The number of nitrogens with zero attached hydrogens (tertiary/aromatic N) is 4. The van der Waals surface area contributed by atoms with Crippen molar-refractivity contribution in [1.29, 1.82) is 0 Å². The van der Waals surface area contributed by atoms with Gasteiger partial charge in [0.1, 0.15) is 13.4 Å². The van der Waals surface area contributed by atoms with Gasteiger partial charge in [-0.2, -0.15) is 0 Å². The summed E-state index contributed by atoms with van der Waals surface area (Å²) in [7, 11) is 1.52. The van der Waals surface area contributed by atoms with E-state index in [9.17, 15) is 0 Å². The number of aromatic nitrogens is 4. The number of anilines is 1. The van der Waals surface area contributed by atoms with Crippen LogP contribution in [0.25, 0.3) is 5.65 Å². The number of fused-ring (bicyclic) bond motifs is 1. The van der Waals surface area contributed by atoms with E-state index in [0.717, 1.165) is 0 Å². The zero-order chi connectivity index (χ0) is 7.84. The topological polar surface area (TPSA) is 70.4 Å². The second-order valence-electron chi connectivity index (χ2n) is 2.03. The molecule has 0 aliphatic rings. The minimum Gasteiger partial charge on any atom is -0.398 e. The molecule has 2 aromatic rings. The molecule has 6 heteroatoms. The lowest BCUT2D eigenvalue weighted by atomic mass is 10.8. The van der Waals surface area contributed by atoms with Gasteiger partial charge in [0, 0.05) is 0 Å². The first kappa shape index (κ1) is 6.02. The van der Waals surface area contributed by atoms with Crippen molar-refractivity contribution in [3.8, 4) is 0 Å². The van der Waals surface area contributed by atoms with Crippen molar-refractivity contribution < 1.29 is 4.84 Å². The first-order valence-corrected chi connectivity index (χ1v) is 3.04. The number of hydrogen-bond donors (Lipinski definition) is 1. The second-order valence-corrected chi connectivity index (χ2v) is 2.03. The lowest BCUT2D eigenvalue weighted by Gasteiger charge is -1.93. The molecule has 2 aromatic heterocycles. The van der Waals surface area contributed by atoms with Crippen LogP contribution in [0.15, 0.2) is 12.5 Å². The normalized spacial score (nSPS) is 10.6.